The Balaban J connectivity index is 1.66. The summed E-state index contributed by atoms with van der Waals surface area (Å²) in [6.07, 6.45) is 0.726. The minimum Gasteiger partial charge on any atom is -0.355 e. The van der Waals surface area contributed by atoms with Crippen LogP contribution < -0.4 is 10.6 Å². The molecule has 1 saturated heterocycles. The van der Waals surface area contributed by atoms with Crippen LogP contribution in [0.25, 0.3) is 0 Å². The monoisotopic (exact) mass is 279 g/mol. The zero-order valence-electron chi connectivity index (χ0n) is 11.9. The second-order valence-corrected chi connectivity index (χ2v) is 5.32. The predicted octanol–water partition coefficient (Wildman–Crippen LogP) is 0.778. The van der Waals surface area contributed by atoms with Crippen LogP contribution in [0.15, 0.2) is 24.3 Å². The largest absolute Gasteiger partial charge is 0.355 e. The maximum absolute atomic E-state index is 12.7. The molecule has 0 spiro atoms. The van der Waals surface area contributed by atoms with E-state index in [4.69, 9.17) is 0 Å². The zero-order valence-corrected chi connectivity index (χ0v) is 11.9. The number of rotatable bonds is 5. The van der Waals surface area contributed by atoms with Crippen LogP contribution in [-0.4, -0.2) is 49.6 Å². The summed E-state index contributed by atoms with van der Waals surface area (Å²) in [7, 11) is 0. The van der Waals surface area contributed by atoms with Gasteiger partial charge in [-0.05, 0) is 31.0 Å². The Labute approximate surface area is 119 Å². The molecule has 2 rings (SSSR count). The molecule has 1 aliphatic heterocycles. The zero-order chi connectivity index (χ0) is 14.4. The molecule has 1 aromatic carbocycles. The molecule has 1 aromatic rings. The lowest BCUT2D eigenvalue weighted by Crippen LogP contribution is -2.51. The number of carbonyl (C=O) groups excluding carboxylic acids is 1. The maximum Gasteiger partial charge on any atom is 0.234 e. The van der Waals surface area contributed by atoms with Gasteiger partial charge in [-0.1, -0.05) is 12.1 Å². The van der Waals surface area contributed by atoms with E-state index in [0.717, 1.165) is 31.6 Å². The van der Waals surface area contributed by atoms with Crippen LogP contribution in [-0.2, 0) is 11.2 Å². The Morgan fingerprint density at radius 1 is 1.45 bits per heavy atom. The van der Waals surface area contributed by atoms with Gasteiger partial charge >= 0.3 is 0 Å². The van der Waals surface area contributed by atoms with Crippen LogP contribution in [0, 0.1) is 5.82 Å². The van der Waals surface area contributed by atoms with Crippen LogP contribution in [0.1, 0.15) is 12.5 Å². The van der Waals surface area contributed by atoms with Gasteiger partial charge in [-0.2, -0.15) is 0 Å². The van der Waals surface area contributed by atoms with Crippen molar-refractivity contribution >= 4 is 5.91 Å². The van der Waals surface area contributed by atoms with Gasteiger partial charge in [0.2, 0.25) is 5.91 Å². The number of benzene rings is 1. The van der Waals surface area contributed by atoms with Gasteiger partial charge in [-0.15, -0.1) is 0 Å². The fraction of sp³-hybridized carbons (Fsp3) is 0.533. The third-order valence-electron chi connectivity index (χ3n) is 3.47. The lowest BCUT2D eigenvalue weighted by molar-refractivity contribution is -0.122. The van der Waals surface area contributed by atoms with Crippen LogP contribution in [0.4, 0.5) is 4.39 Å². The van der Waals surface area contributed by atoms with Crippen LogP contribution in [0.3, 0.4) is 0 Å². The van der Waals surface area contributed by atoms with Crippen LogP contribution >= 0.6 is 0 Å². The quantitative estimate of drug-likeness (QED) is 0.837. The van der Waals surface area contributed by atoms with Gasteiger partial charge in [0.05, 0.1) is 6.54 Å². The van der Waals surface area contributed by atoms with Gasteiger partial charge in [-0.3, -0.25) is 9.69 Å². The molecule has 0 bridgehead atoms. The van der Waals surface area contributed by atoms with Crippen molar-refractivity contribution in [3.05, 3.63) is 35.6 Å². The molecule has 20 heavy (non-hydrogen) atoms. The fourth-order valence-electron chi connectivity index (χ4n) is 2.41. The second kappa shape index (κ2) is 7.36. The number of piperazine rings is 1. The number of nitrogens with zero attached hydrogens (tertiary/aromatic N) is 1. The number of hydrogen-bond donors (Lipinski definition) is 2. The first-order valence-electron chi connectivity index (χ1n) is 7.10. The Kier molecular flexibility index (Phi) is 5.49. The van der Waals surface area contributed by atoms with E-state index < -0.39 is 0 Å². The lowest BCUT2D eigenvalue weighted by Gasteiger charge is -2.31. The minimum absolute atomic E-state index is 0.0567. The first kappa shape index (κ1) is 14.9. The van der Waals surface area contributed by atoms with Crippen molar-refractivity contribution in [1.82, 2.24) is 15.5 Å². The molecule has 1 amide bonds. The molecule has 4 nitrogen and oxygen atoms in total. The highest BCUT2D eigenvalue weighted by Gasteiger charge is 2.17. The smallest absolute Gasteiger partial charge is 0.234 e. The highest BCUT2D eigenvalue weighted by atomic mass is 19.1. The molecule has 110 valence electrons. The highest BCUT2D eigenvalue weighted by molar-refractivity contribution is 5.78. The molecule has 1 fully saturated rings. The maximum atomic E-state index is 12.7. The Morgan fingerprint density at radius 3 is 2.90 bits per heavy atom. The van der Waals surface area contributed by atoms with Crippen LogP contribution in [0.2, 0.25) is 0 Å². The van der Waals surface area contributed by atoms with Crippen LogP contribution in [0.5, 0.6) is 0 Å². The molecule has 0 aromatic heterocycles. The summed E-state index contributed by atoms with van der Waals surface area (Å²) in [5.41, 5.74) is 1.03. The first-order chi connectivity index (χ1) is 9.63. The topological polar surface area (TPSA) is 44.4 Å². The van der Waals surface area contributed by atoms with Gasteiger partial charge in [0.15, 0.2) is 0 Å². The molecule has 0 unspecified atom stereocenters. The molecule has 0 radical (unpaired) electrons. The van der Waals surface area contributed by atoms with Gasteiger partial charge in [0.25, 0.3) is 0 Å². The van der Waals surface area contributed by atoms with E-state index in [9.17, 15) is 9.18 Å². The SMILES string of the molecule is C[C@H]1CN(CC(=O)NCCc2ccc(F)cc2)CCN1. The van der Waals surface area contributed by atoms with Crippen molar-refractivity contribution in [2.45, 2.75) is 19.4 Å². The van der Waals surface area contributed by atoms with Crippen molar-refractivity contribution < 1.29 is 9.18 Å². The summed E-state index contributed by atoms with van der Waals surface area (Å²) in [5, 5.41) is 6.26. The minimum atomic E-state index is -0.231. The number of nitrogens with one attached hydrogen (secondary N) is 2. The van der Waals surface area contributed by atoms with Crippen molar-refractivity contribution in [3.8, 4) is 0 Å². The summed E-state index contributed by atoms with van der Waals surface area (Å²) in [6, 6.07) is 6.83. The van der Waals surface area contributed by atoms with Gasteiger partial charge < -0.3 is 10.6 Å². The summed E-state index contributed by atoms with van der Waals surface area (Å²) >= 11 is 0. The number of halogens is 1. The Hall–Kier alpha value is -1.46. The van der Waals surface area contributed by atoms with E-state index in [1.165, 1.54) is 12.1 Å². The van der Waals surface area contributed by atoms with Crippen molar-refractivity contribution in [2.75, 3.05) is 32.7 Å². The molecular weight excluding hydrogens is 257 g/mol. The van der Waals surface area contributed by atoms with Gasteiger partial charge in [0, 0.05) is 32.2 Å². The summed E-state index contributed by atoms with van der Waals surface area (Å²) in [4.78, 5) is 14.0. The molecule has 1 atom stereocenters. The number of carbonyl (C=O) groups is 1. The van der Waals surface area contributed by atoms with E-state index in [0.29, 0.717) is 19.1 Å². The number of amides is 1. The number of hydrogen-bond acceptors (Lipinski definition) is 3. The fourth-order valence-corrected chi connectivity index (χ4v) is 2.41. The van der Waals surface area contributed by atoms with Gasteiger partial charge in [0.1, 0.15) is 5.82 Å². The second-order valence-electron chi connectivity index (χ2n) is 5.32. The molecule has 0 saturated carbocycles. The average Bonchev–Trinajstić information content (AvgIpc) is 2.41. The molecule has 1 heterocycles. The average molecular weight is 279 g/mol. The Morgan fingerprint density at radius 2 is 2.20 bits per heavy atom. The third-order valence-corrected chi connectivity index (χ3v) is 3.47. The van der Waals surface area contributed by atoms with E-state index in [1.54, 1.807) is 12.1 Å². The van der Waals surface area contributed by atoms with E-state index >= 15 is 0 Å². The lowest BCUT2D eigenvalue weighted by atomic mass is 10.1. The van der Waals surface area contributed by atoms with E-state index in [-0.39, 0.29) is 11.7 Å². The van der Waals surface area contributed by atoms with Crippen molar-refractivity contribution in [3.63, 3.8) is 0 Å². The van der Waals surface area contributed by atoms with Crippen molar-refractivity contribution in [2.24, 2.45) is 0 Å². The molecule has 2 N–H and O–H groups in total. The normalized spacial score (nSPS) is 19.8. The highest BCUT2D eigenvalue weighted by Crippen LogP contribution is 2.03. The van der Waals surface area contributed by atoms with E-state index in [2.05, 4.69) is 22.5 Å². The Bertz CT molecular complexity index is 435. The predicted molar refractivity (Wildman–Crippen MR) is 77.0 cm³/mol. The van der Waals surface area contributed by atoms with E-state index in [1.807, 2.05) is 0 Å². The molecule has 0 aliphatic carbocycles. The van der Waals surface area contributed by atoms with Crippen molar-refractivity contribution in [1.29, 1.82) is 0 Å². The first-order valence-corrected chi connectivity index (χ1v) is 7.10. The summed E-state index contributed by atoms with van der Waals surface area (Å²) in [5.74, 6) is -0.174. The molecule has 5 heteroatoms. The van der Waals surface area contributed by atoms with Gasteiger partial charge in [-0.25, -0.2) is 4.39 Å². The third kappa shape index (κ3) is 4.90. The standard InChI is InChI=1S/C15H22FN3O/c1-12-10-19(9-8-17-12)11-15(20)18-7-6-13-2-4-14(16)5-3-13/h2-5,12,17H,6-11H2,1H3,(H,18,20)/t12-/m0/s1. The summed E-state index contributed by atoms with van der Waals surface area (Å²) in [6.45, 7) is 5.92. The molecular formula is C15H22FN3O. The summed E-state index contributed by atoms with van der Waals surface area (Å²) < 4.78 is 12.7. The molecule has 1 aliphatic rings.